The maximum absolute atomic E-state index is 9.89. The average molecular weight is 636 g/mol. The van der Waals surface area contributed by atoms with E-state index in [9.17, 15) is 5.26 Å². The summed E-state index contributed by atoms with van der Waals surface area (Å²) in [6.07, 6.45) is 10.5. The highest BCUT2D eigenvalue weighted by atomic mass is 15.1. The summed E-state index contributed by atoms with van der Waals surface area (Å²) in [6.45, 7) is 18.3. The summed E-state index contributed by atoms with van der Waals surface area (Å²) >= 11 is 0. The number of imidazole rings is 1. The van der Waals surface area contributed by atoms with Gasteiger partial charge in [0.2, 0.25) is 0 Å². The first-order valence-corrected chi connectivity index (χ1v) is 18.1. The molecule has 1 saturated carbocycles. The van der Waals surface area contributed by atoms with Gasteiger partial charge in [-0.05, 0) is 92.8 Å². The number of rotatable bonds is 10. The van der Waals surface area contributed by atoms with Crippen molar-refractivity contribution in [3.63, 3.8) is 0 Å². The molecule has 0 aliphatic heterocycles. The highest BCUT2D eigenvalue weighted by Crippen LogP contribution is 2.58. The largest absolute Gasteiger partial charge is 0.299 e. The lowest BCUT2D eigenvalue weighted by Crippen LogP contribution is -2.12. The standard InChI is InChI=1S/C40H41N3.C5H12/c1-7-32-24-40(32,6)37-18-17-29(33-16-12-11-15-30(33)25-41)21-36(37)39-42-19-20-43(39)38-34(26(2)3)22-31(23-35(38)27(4)5)28-13-9-8-10-14-28;1-3-5-4-2/h8-23,26-27,32H,7,24H2,1-6H3;3-5H2,1-2H3/t32-,40?;/m0./s1. The molecule has 3 nitrogen and oxygen atoms in total. The van der Waals surface area contributed by atoms with Crippen molar-refractivity contribution in [1.29, 1.82) is 5.26 Å². The second kappa shape index (κ2) is 15.2. The Bertz CT molecular complexity index is 1840. The fourth-order valence-corrected chi connectivity index (χ4v) is 7.28. The van der Waals surface area contributed by atoms with E-state index < -0.39 is 0 Å². The van der Waals surface area contributed by atoms with Gasteiger partial charge in [-0.3, -0.25) is 4.57 Å². The molecule has 0 bridgehead atoms. The Morgan fingerprint density at radius 2 is 1.44 bits per heavy atom. The number of benzene rings is 4. The minimum atomic E-state index is 0.118. The van der Waals surface area contributed by atoms with Crippen LogP contribution < -0.4 is 0 Å². The fraction of sp³-hybridized carbons (Fsp3) is 0.378. The summed E-state index contributed by atoms with van der Waals surface area (Å²) < 4.78 is 2.34. The molecule has 1 aromatic heterocycles. The lowest BCUT2D eigenvalue weighted by atomic mass is 9.86. The molecule has 1 aliphatic carbocycles. The van der Waals surface area contributed by atoms with Crippen LogP contribution in [0, 0.1) is 17.2 Å². The number of aromatic nitrogens is 2. The van der Waals surface area contributed by atoms with Crippen LogP contribution in [0.15, 0.2) is 97.3 Å². The maximum Gasteiger partial charge on any atom is 0.144 e. The molecule has 0 radical (unpaired) electrons. The zero-order chi connectivity index (χ0) is 34.4. The number of hydrogen-bond donors (Lipinski definition) is 0. The Morgan fingerprint density at radius 1 is 0.792 bits per heavy atom. The molecule has 1 unspecified atom stereocenters. The molecule has 1 fully saturated rings. The lowest BCUT2D eigenvalue weighted by Gasteiger charge is -2.25. The quantitative estimate of drug-likeness (QED) is 0.153. The number of nitriles is 1. The Kier molecular flexibility index (Phi) is 11.1. The maximum atomic E-state index is 9.89. The van der Waals surface area contributed by atoms with Crippen LogP contribution in [-0.4, -0.2) is 9.55 Å². The molecular formula is C45H53N3. The Morgan fingerprint density at radius 3 is 2.00 bits per heavy atom. The van der Waals surface area contributed by atoms with E-state index >= 15 is 0 Å². The minimum absolute atomic E-state index is 0.118. The van der Waals surface area contributed by atoms with E-state index in [4.69, 9.17) is 4.98 Å². The molecule has 0 saturated heterocycles. The molecule has 0 amide bonds. The van der Waals surface area contributed by atoms with Crippen molar-refractivity contribution >= 4 is 0 Å². The van der Waals surface area contributed by atoms with Gasteiger partial charge in [0, 0.05) is 18.0 Å². The Balaban J connectivity index is 0.000000840. The predicted molar refractivity (Wildman–Crippen MR) is 204 cm³/mol. The van der Waals surface area contributed by atoms with Gasteiger partial charge in [-0.2, -0.15) is 5.26 Å². The van der Waals surface area contributed by atoms with Crippen LogP contribution in [0.3, 0.4) is 0 Å². The van der Waals surface area contributed by atoms with Crippen LogP contribution in [0.1, 0.15) is 122 Å². The van der Waals surface area contributed by atoms with Crippen molar-refractivity contribution in [2.45, 2.75) is 105 Å². The van der Waals surface area contributed by atoms with Crippen LogP contribution >= 0.6 is 0 Å². The molecule has 248 valence electrons. The zero-order valence-corrected chi connectivity index (χ0v) is 30.3. The molecular weight excluding hydrogens is 583 g/mol. The minimum Gasteiger partial charge on any atom is -0.299 e. The molecule has 1 heterocycles. The number of unbranched alkanes of at least 4 members (excludes halogenated alkanes) is 2. The van der Waals surface area contributed by atoms with E-state index in [-0.39, 0.29) is 5.41 Å². The van der Waals surface area contributed by atoms with Crippen molar-refractivity contribution in [3.05, 3.63) is 120 Å². The summed E-state index contributed by atoms with van der Waals surface area (Å²) in [5, 5.41) is 9.89. The first kappa shape index (κ1) is 34.9. The first-order valence-electron chi connectivity index (χ1n) is 18.1. The number of hydrogen-bond acceptors (Lipinski definition) is 2. The van der Waals surface area contributed by atoms with E-state index in [1.54, 1.807) is 0 Å². The van der Waals surface area contributed by atoms with Gasteiger partial charge in [0.15, 0.2) is 0 Å². The molecule has 5 aromatic rings. The molecule has 4 aromatic carbocycles. The summed E-state index contributed by atoms with van der Waals surface area (Å²) in [7, 11) is 0. The van der Waals surface area contributed by atoms with Crippen molar-refractivity contribution in [3.8, 4) is 45.4 Å². The monoisotopic (exact) mass is 635 g/mol. The lowest BCUT2D eigenvalue weighted by molar-refractivity contribution is 0.643. The number of nitrogens with zero attached hydrogens (tertiary/aromatic N) is 3. The summed E-state index contributed by atoms with van der Waals surface area (Å²) in [4.78, 5) is 5.07. The fourth-order valence-electron chi connectivity index (χ4n) is 7.28. The summed E-state index contributed by atoms with van der Waals surface area (Å²) in [5.41, 5.74) is 11.7. The van der Waals surface area contributed by atoms with Crippen molar-refractivity contribution in [2.75, 3.05) is 0 Å². The van der Waals surface area contributed by atoms with Gasteiger partial charge in [0.05, 0.1) is 17.3 Å². The highest BCUT2D eigenvalue weighted by Gasteiger charge is 2.51. The molecule has 3 heteroatoms. The SMILES string of the molecule is CCCCC.CC[C@H]1CC1(C)c1ccc(-c2ccccc2C#N)cc1-c1nccn1-c1c(C(C)C)cc(-c2ccccc2)cc1C(C)C. The van der Waals surface area contributed by atoms with E-state index in [1.165, 1.54) is 65.6 Å². The van der Waals surface area contributed by atoms with E-state index in [0.717, 1.165) is 22.5 Å². The average Bonchev–Trinajstić information content (AvgIpc) is 3.55. The Labute approximate surface area is 289 Å². The first-order chi connectivity index (χ1) is 23.2. The van der Waals surface area contributed by atoms with E-state index in [1.807, 2.05) is 30.5 Å². The predicted octanol–water partition coefficient (Wildman–Crippen LogP) is 12.9. The molecule has 0 spiro atoms. The smallest absolute Gasteiger partial charge is 0.144 e. The van der Waals surface area contributed by atoms with Crippen LogP contribution in [0.25, 0.3) is 39.3 Å². The van der Waals surface area contributed by atoms with Gasteiger partial charge in [0.1, 0.15) is 5.82 Å². The molecule has 2 atom stereocenters. The molecule has 6 rings (SSSR count). The van der Waals surface area contributed by atoms with Gasteiger partial charge in [0.25, 0.3) is 0 Å². The van der Waals surface area contributed by atoms with Gasteiger partial charge >= 0.3 is 0 Å². The summed E-state index contributed by atoms with van der Waals surface area (Å²) in [6, 6.07) is 32.5. The van der Waals surface area contributed by atoms with Crippen molar-refractivity contribution < 1.29 is 0 Å². The molecule has 1 aliphatic rings. The summed E-state index contributed by atoms with van der Waals surface area (Å²) in [5.74, 6) is 2.27. The second-order valence-electron chi connectivity index (χ2n) is 14.3. The van der Waals surface area contributed by atoms with E-state index in [2.05, 4.69) is 133 Å². The van der Waals surface area contributed by atoms with Gasteiger partial charge < -0.3 is 0 Å². The van der Waals surface area contributed by atoms with Gasteiger partial charge in [-0.1, -0.05) is 142 Å². The third kappa shape index (κ3) is 7.05. The highest BCUT2D eigenvalue weighted by molar-refractivity contribution is 5.79. The van der Waals surface area contributed by atoms with E-state index in [0.29, 0.717) is 23.3 Å². The zero-order valence-electron chi connectivity index (χ0n) is 30.3. The van der Waals surface area contributed by atoms with Crippen LogP contribution in [-0.2, 0) is 5.41 Å². The van der Waals surface area contributed by atoms with Crippen molar-refractivity contribution in [2.24, 2.45) is 5.92 Å². The van der Waals surface area contributed by atoms with Gasteiger partial charge in [-0.15, -0.1) is 0 Å². The molecule has 0 N–H and O–H groups in total. The topological polar surface area (TPSA) is 41.6 Å². The van der Waals surface area contributed by atoms with Crippen LogP contribution in [0.2, 0.25) is 0 Å². The Hall–Kier alpha value is -4.42. The third-order valence-corrected chi connectivity index (χ3v) is 10.2. The third-order valence-electron chi connectivity index (χ3n) is 10.2. The molecule has 48 heavy (non-hydrogen) atoms. The van der Waals surface area contributed by atoms with Crippen LogP contribution in [0.5, 0.6) is 0 Å². The van der Waals surface area contributed by atoms with Crippen molar-refractivity contribution in [1.82, 2.24) is 9.55 Å². The van der Waals surface area contributed by atoms with Crippen LogP contribution in [0.4, 0.5) is 0 Å². The normalized spacial score (nSPS) is 16.8. The second-order valence-corrected chi connectivity index (χ2v) is 14.3. The van der Waals surface area contributed by atoms with Gasteiger partial charge in [-0.25, -0.2) is 4.98 Å².